The minimum absolute atomic E-state index is 0.0253. The maximum absolute atomic E-state index is 14.7. The van der Waals surface area contributed by atoms with E-state index in [1.807, 2.05) is 16.5 Å². The lowest BCUT2D eigenvalue weighted by atomic mass is 9.85. The van der Waals surface area contributed by atoms with E-state index in [2.05, 4.69) is 36.1 Å². The highest BCUT2D eigenvalue weighted by molar-refractivity contribution is 9.10. The molecule has 1 aliphatic heterocycles. The second-order valence-corrected chi connectivity index (χ2v) is 7.68. The molecular weight excluding hydrogens is 436 g/mol. The van der Waals surface area contributed by atoms with Crippen LogP contribution >= 0.6 is 15.9 Å². The zero-order valence-electron chi connectivity index (χ0n) is 15.1. The Bertz CT molecular complexity index is 980. The van der Waals surface area contributed by atoms with Gasteiger partial charge in [0.2, 0.25) is 6.33 Å². The van der Waals surface area contributed by atoms with Crippen molar-refractivity contribution in [3.8, 4) is 0 Å². The number of benzene rings is 1. The van der Waals surface area contributed by atoms with E-state index in [1.54, 1.807) is 4.68 Å². The molecule has 2 atom stereocenters. The molecular formula is C17H20BrF2N7O+2. The van der Waals surface area contributed by atoms with Crippen LogP contribution in [0.4, 0.5) is 8.78 Å². The lowest BCUT2D eigenvalue weighted by molar-refractivity contribution is -0.769. The molecule has 148 valence electrons. The molecule has 0 radical (unpaired) electrons. The molecule has 1 aromatic carbocycles. The first kappa shape index (κ1) is 19.1. The quantitative estimate of drug-likeness (QED) is 0.490. The lowest BCUT2D eigenvalue weighted by Crippen LogP contribution is -2.61. The number of aromatic amines is 2. The maximum atomic E-state index is 14.7. The van der Waals surface area contributed by atoms with E-state index in [9.17, 15) is 13.9 Å². The molecule has 0 bridgehead atoms. The van der Waals surface area contributed by atoms with Gasteiger partial charge in [-0.2, -0.15) is 19.6 Å². The van der Waals surface area contributed by atoms with Crippen LogP contribution in [-0.4, -0.2) is 42.8 Å². The van der Waals surface area contributed by atoms with Crippen molar-refractivity contribution in [2.45, 2.75) is 38.2 Å². The van der Waals surface area contributed by atoms with E-state index < -0.39 is 23.3 Å². The summed E-state index contributed by atoms with van der Waals surface area (Å²) in [6.45, 7) is 3.61. The maximum Gasteiger partial charge on any atom is 0.334 e. The van der Waals surface area contributed by atoms with Crippen LogP contribution in [0.25, 0.3) is 0 Å². The Balaban J connectivity index is 1.70. The molecule has 3 heterocycles. The average Bonchev–Trinajstić information content (AvgIpc) is 3.28. The zero-order chi connectivity index (χ0) is 19.9. The standard InChI is InChI=1S/C17H18BrF2N7O/c1-11(25-4-5-27-15(7-25)23-16(18)24-27)17(28,8-26-10-21-9-22-26)13-3-2-12(19)6-14(13)20/h2-3,6,9-11,28H,4-5,7-8H2,1H3/p+2/t11-,17-/m1/s1. The molecule has 8 nitrogen and oxygen atoms in total. The van der Waals surface area contributed by atoms with Crippen molar-refractivity contribution >= 4 is 15.9 Å². The number of hydrogen-bond acceptors (Lipinski definition) is 4. The zero-order valence-corrected chi connectivity index (χ0v) is 16.7. The number of halogens is 3. The van der Waals surface area contributed by atoms with Gasteiger partial charge in [-0.15, -0.1) is 0 Å². The van der Waals surface area contributed by atoms with Crippen LogP contribution in [0.5, 0.6) is 0 Å². The lowest BCUT2D eigenvalue weighted by Gasteiger charge is -2.40. The molecule has 0 fully saturated rings. The number of aromatic nitrogens is 6. The molecule has 4 rings (SSSR count). The third-order valence-corrected chi connectivity index (χ3v) is 5.63. The minimum Gasteiger partial charge on any atom is -0.379 e. The van der Waals surface area contributed by atoms with E-state index in [-0.39, 0.29) is 12.1 Å². The number of fused-ring (bicyclic) bond motifs is 1. The van der Waals surface area contributed by atoms with E-state index in [0.717, 1.165) is 18.0 Å². The van der Waals surface area contributed by atoms with Crippen molar-refractivity contribution in [3.63, 3.8) is 0 Å². The van der Waals surface area contributed by atoms with Gasteiger partial charge in [-0.3, -0.25) is 4.90 Å². The largest absolute Gasteiger partial charge is 0.379 e. The summed E-state index contributed by atoms with van der Waals surface area (Å²) in [7, 11) is 0. The average molecular weight is 456 g/mol. The van der Waals surface area contributed by atoms with Crippen molar-refractivity contribution < 1.29 is 23.3 Å². The number of rotatable bonds is 5. The Morgan fingerprint density at radius 1 is 1.43 bits per heavy atom. The molecule has 0 saturated heterocycles. The number of nitrogens with zero attached hydrogens (tertiary/aromatic N) is 5. The fourth-order valence-corrected chi connectivity index (χ4v) is 4.10. The highest BCUT2D eigenvalue weighted by Gasteiger charge is 2.45. The Morgan fingerprint density at radius 2 is 2.25 bits per heavy atom. The van der Waals surface area contributed by atoms with Crippen molar-refractivity contribution in [2.24, 2.45) is 0 Å². The monoisotopic (exact) mass is 455 g/mol. The first-order chi connectivity index (χ1) is 13.4. The van der Waals surface area contributed by atoms with E-state index in [1.165, 1.54) is 18.7 Å². The van der Waals surface area contributed by atoms with Gasteiger partial charge < -0.3 is 5.11 Å². The van der Waals surface area contributed by atoms with Crippen molar-refractivity contribution in [2.75, 3.05) is 6.54 Å². The van der Waals surface area contributed by atoms with Gasteiger partial charge in [0, 0.05) is 40.1 Å². The summed E-state index contributed by atoms with van der Waals surface area (Å²) in [5.74, 6) is -0.670. The predicted octanol–water partition coefficient (Wildman–Crippen LogP) is 0.541. The van der Waals surface area contributed by atoms with Crippen molar-refractivity contribution in [1.82, 2.24) is 25.1 Å². The topological polar surface area (TPSA) is 88.6 Å². The third-order valence-electron chi connectivity index (χ3n) is 5.27. The van der Waals surface area contributed by atoms with Gasteiger partial charge in [0.05, 0.1) is 0 Å². The molecule has 2 aromatic heterocycles. The van der Waals surface area contributed by atoms with Crippen LogP contribution in [-0.2, 0) is 25.2 Å². The first-order valence-electron chi connectivity index (χ1n) is 8.81. The number of aliphatic hydroxyl groups is 1. The fourth-order valence-electron chi connectivity index (χ4n) is 3.69. The number of nitrogens with one attached hydrogen (secondary N) is 2. The summed E-state index contributed by atoms with van der Waals surface area (Å²) < 4.78 is 32.2. The first-order valence-corrected chi connectivity index (χ1v) is 9.60. The van der Waals surface area contributed by atoms with Crippen LogP contribution < -0.4 is 9.36 Å². The molecule has 0 spiro atoms. The Labute approximate surface area is 168 Å². The molecule has 0 saturated carbocycles. The Morgan fingerprint density at radius 3 is 2.96 bits per heavy atom. The third kappa shape index (κ3) is 3.45. The summed E-state index contributed by atoms with van der Waals surface area (Å²) in [5, 5.41) is 17.6. The molecule has 11 heteroatoms. The number of hydrogen-bond donors (Lipinski definition) is 3. The van der Waals surface area contributed by atoms with Gasteiger partial charge in [-0.05, 0) is 23.0 Å². The Hall–Kier alpha value is -2.24. The summed E-state index contributed by atoms with van der Waals surface area (Å²) in [6.07, 6.45) is 2.98. The molecule has 28 heavy (non-hydrogen) atoms. The Kier molecular flexibility index (Phi) is 4.98. The van der Waals surface area contributed by atoms with Crippen molar-refractivity contribution in [1.29, 1.82) is 0 Å². The summed E-state index contributed by atoms with van der Waals surface area (Å²) in [4.78, 5) is 10.4. The summed E-state index contributed by atoms with van der Waals surface area (Å²) in [6, 6.07) is 2.75. The van der Waals surface area contributed by atoms with E-state index in [4.69, 9.17) is 0 Å². The second kappa shape index (κ2) is 7.30. The summed E-state index contributed by atoms with van der Waals surface area (Å²) in [5.41, 5.74) is -1.60. The van der Waals surface area contributed by atoms with Crippen LogP contribution in [0.2, 0.25) is 0 Å². The van der Waals surface area contributed by atoms with Gasteiger partial charge >= 0.3 is 16.9 Å². The van der Waals surface area contributed by atoms with Crippen LogP contribution in [0.15, 0.2) is 35.6 Å². The van der Waals surface area contributed by atoms with Gasteiger partial charge in [0.1, 0.15) is 36.9 Å². The number of H-pyrrole nitrogens is 2. The predicted molar refractivity (Wildman–Crippen MR) is 95.4 cm³/mol. The van der Waals surface area contributed by atoms with E-state index in [0.29, 0.717) is 24.4 Å². The van der Waals surface area contributed by atoms with Gasteiger partial charge in [-0.1, -0.05) is 6.07 Å². The molecule has 0 unspecified atom stereocenters. The van der Waals surface area contributed by atoms with Crippen LogP contribution in [0.1, 0.15) is 18.3 Å². The molecule has 3 aromatic rings. The van der Waals surface area contributed by atoms with Gasteiger partial charge in [0.15, 0.2) is 0 Å². The highest BCUT2D eigenvalue weighted by Crippen LogP contribution is 2.32. The van der Waals surface area contributed by atoms with Gasteiger partial charge in [0.25, 0.3) is 0 Å². The fraction of sp³-hybridized carbons (Fsp3) is 0.412. The molecule has 0 amide bonds. The minimum atomic E-state index is -1.63. The van der Waals surface area contributed by atoms with E-state index >= 15 is 0 Å². The molecule has 0 aliphatic carbocycles. The van der Waals surface area contributed by atoms with Crippen molar-refractivity contribution in [3.05, 3.63) is 58.6 Å². The van der Waals surface area contributed by atoms with Crippen LogP contribution in [0.3, 0.4) is 0 Å². The molecule has 1 aliphatic rings. The smallest absolute Gasteiger partial charge is 0.334 e. The highest BCUT2D eigenvalue weighted by atomic mass is 79.9. The normalized spacial score (nSPS) is 17.9. The van der Waals surface area contributed by atoms with Crippen LogP contribution in [0, 0.1) is 11.6 Å². The summed E-state index contributed by atoms with van der Waals surface area (Å²) >= 11 is 3.33. The SMILES string of the molecule is C[C@@H](N1CC[n+]2[nH]c(Br)nc2C1)[C@](O)(C[n+]1cnc[nH]1)c1ccc(F)cc1F. The molecule has 3 N–H and O–H groups in total. The van der Waals surface area contributed by atoms with Gasteiger partial charge in [-0.25, -0.2) is 8.78 Å². The second-order valence-electron chi connectivity index (χ2n) is 6.93.